The first kappa shape index (κ1) is 15.4. The van der Waals surface area contributed by atoms with Crippen LogP contribution in [0.4, 0.5) is 8.78 Å². The van der Waals surface area contributed by atoms with Crippen molar-refractivity contribution in [1.82, 2.24) is 10.2 Å². The van der Waals surface area contributed by atoms with Gasteiger partial charge in [-0.15, -0.1) is 21.5 Å². The number of halogens is 2. The summed E-state index contributed by atoms with van der Waals surface area (Å²) in [5, 5.41) is 7.35. The highest BCUT2D eigenvalue weighted by atomic mass is 32.1. The number of thiophene rings is 1. The number of carbonyl (C=O) groups is 1. The molecule has 0 aliphatic rings. The monoisotopic (exact) mass is 318 g/mol. The lowest BCUT2D eigenvalue weighted by Crippen LogP contribution is -2.11. The highest BCUT2D eigenvalue weighted by molar-refractivity contribution is 7.14. The molecule has 1 atom stereocenters. The molecular formula is C12H12F2N2O4S. The maximum Gasteiger partial charge on any atom is 0.387 e. The maximum atomic E-state index is 12.3. The summed E-state index contributed by atoms with van der Waals surface area (Å²) in [7, 11) is 0. The van der Waals surface area contributed by atoms with Crippen molar-refractivity contribution in [1.29, 1.82) is 0 Å². The molecule has 0 saturated heterocycles. The van der Waals surface area contributed by atoms with Gasteiger partial charge in [0, 0.05) is 11.8 Å². The van der Waals surface area contributed by atoms with Crippen LogP contribution in [0.15, 0.2) is 10.5 Å². The van der Waals surface area contributed by atoms with Crippen LogP contribution in [0, 0.1) is 13.8 Å². The van der Waals surface area contributed by atoms with Crippen molar-refractivity contribution in [3.63, 3.8) is 0 Å². The molecule has 2 heterocycles. The van der Waals surface area contributed by atoms with E-state index in [4.69, 9.17) is 9.15 Å². The lowest BCUT2D eigenvalue weighted by Gasteiger charge is -2.09. The van der Waals surface area contributed by atoms with Crippen LogP contribution in [-0.2, 0) is 4.74 Å². The van der Waals surface area contributed by atoms with E-state index in [1.54, 1.807) is 20.8 Å². The van der Waals surface area contributed by atoms with Crippen molar-refractivity contribution >= 4 is 17.3 Å². The topological polar surface area (TPSA) is 74.5 Å². The number of rotatable bonds is 5. The van der Waals surface area contributed by atoms with Crippen LogP contribution >= 0.6 is 11.3 Å². The second-order valence-electron chi connectivity index (χ2n) is 4.14. The molecule has 0 amide bonds. The molecule has 2 aromatic heterocycles. The van der Waals surface area contributed by atoms with Crippen molar-refractivity contribution in [2.45, 2.75) is 33.5 Å². The number of carbonyl (C=O) groups excluding carboxylic acids is 1. The van der Waals surface area contributed by atoms with Crippen molar-refractivity contribution in [2.24, 2.45) is 0 Å². The van der Waals surface area contributed by atoms with Gasteiger partial charge in [-0.05, 0) is 19.9 Å². The zero-order chi connectivity index (χ0) is 15.6. The van der Waals surface area contributed by atoms with Gasteiger partial charge >= 0.3 is 12.6 Å². The van der Waals surface area contributed by atoms with Crippen molar-refractivity contribution in [3.05, 3.63) is 27.6 Å². The average molecular weight is 318 g/mol. The van der Waals surface area contributed by atoms with Crippen LogP contribution in [0.3, 0.4) is 0 Å². The van der Waals surface area contributed by atoms with E-state index in [2.05, 4.69) is 14.9 Å². The Morgan fingerprint density at radius 1 is 1.38 bits per heavy atom. The van der Waals surface area contributed by atoms with E-state index in [0.717, 1.165) is 11.3 Å². The van der Waals surface area contributed by atoms with Gasteiger partial charge in [-0.2, -0.15) is 8.78 Å². The first-order valence-corrected chi connectivity index (χ1v) is 6.74. The summed E-state index contributed by atoms with van der Waals surface area (Å²) in [5.41, 5.74) is 0. The fourth-order valence-electron chi connectivity index (χ4n) is 1.56. The SMILES string of the molecule is Cc1nnc([C@H](C)OC(=O)c2sc(C)cc2OC(F)F)o1. The molecule has 0 fully saturated rings. The maximum absolute atomic E-state index is 12.3. The molecule has 2 rings (SSSR count). The molecule has 0 aliphatic carbocycles. The minimum atomic E-state index is -3.01. The second-order valence-corrected chi connectivity index (χ2v) is 5.39. The Kier molecular flexibility index (Phi) is 4.51. The number of hydrogen-bond donors (Lipinski definition) is 0. The standard InChI is InChI=1S/C12H12F2N2O4S/c1-5-4-8(20-12(13)14)9(21-5)11(17)18-6(2)10-16-15-7(3)19-10/h4,6,12H,1-3H3/t6-/m0/s1. The predicted molar refractivity (Wildman–Crippen MR) is 68.6 cm³/mol. The number of aromatic nitrogens is 2. The Hall–Kier alpha value is -2.03. The second kappa shape index (κ2) is 6.17. The Bertz CT molecular complexity index is 641. The summed E-state index contributed by atoms with van der Waals surface area (Å²) in [5.74, 6) is -0.523. The first-order chi connectivity index (χ1) is 9.86. The van der Waals surface area contributed by atoms with E-state index < -0.39 is 18.7 Å². The molecule has 0 bridgehead atoms. The van der Waals surface area contributed by atoms with Crippen LogP contribution in [0.5, 0.6) is 5.75 Å². The molecule has 0 aromatic carbocycles. The normalized spacial score (nSPS) is 12.5. The molecule has 21 heavy (non-hydrogen) atoms. The number of nitrogens with zero attached hydrogens (tertiary/aromatic N) is 2. The summed E-state index contributed by atoms with van der Waals surface area (Å²) in [6.07, 6.45) is -0.791. The fourth-order valence-corrected chi connectivity index (χ4v) is 2.38. The molecule has 9 heteroatoms. The Morgan fingerprint density at radius 2 is 2.10 bits per heavy atom. The fraction of sp³-hybridized carbons (Fsp3) is 0.417. The van der Waals surface area contributed by atoms with E-state index in [-0.39, 0.29) is 16.5 Å². The van der Waals surface area contributed by atoms with Gasteiger partial charge in [-0.1, -0.05) is 0 Å². The van der Waals surface area contributed by atoms with Crippen LogP contribution in [0.25, 0.3) is 0 Å². The third kappa shape index (κ3) is 3.75. The third-order valence-corrected chi connectivity index (χ3v) is 3.41. The largest absolute Gasteiger partial charge is 0.448 e. The Morgan fingerprint density at radius 3 is 2.67 bits per heavy atom. The van der Waals surface area contributed by atoms with Gasteiger partial charge in [-0.3, -0.25) is 0 Å². The van der Waals surface area contributed by atoms with Crippen LogP contribution in [0.1, 0.15) is 39.4 Å². The lowest BCUT2D eigenvalue weighted by atomic mass is 10.3. The van der Waals surface area contributed by atoms with Gasteiger partial charge < -0.3 is 13.9 Å². The van der Waals surface area contributed by atoms with Gasteiger partial charge in [0.1, 0.15) is 0 Å². The quantitative estimate of drug-likeness (QED) is 0.788. The molecule has 114 valence electrons. The smallest absolute Gasteiger partial charge is 0.387 e. The van der Waals surface area contributed by atoms with Crippen molar-refractivity contribution < 1.29 is 27.5 Å². The number of hydrogen-bond acceptors (Lipinski definition) is 7. The average Bonchev–Trinajstić information content (AvgIpc) is 2.95. The highest BCUT2D eigenvalue weighted by Gasteiger charge is 2.24. The summed E-state index contributed by atoms with van der Waals surface area (Å²) in [6, 6.07) is 1.36. The van der Waals surface area contributed by atoms with Gasteiger partial charge in [0.05, 0.1) is 0 Å². The van der Waals surface area contributed by atoms with Gasteiger partial charge in [0.15, 0.2) is 16.7 Å². The van der Waals surface area contributed by atoms with Crippen LogP contribution in [0.2, 0.25) is 0 Å². The van der Waals surface area contributed by atoms with Crippen LogP contribution < -0.4 is 4.74 Å². The molecule has 0 aliphatic heterocycles. The molecule has 2 aromatic rings. The van der Waals surface area contributed by atoms with E-state index in [9.17, 15) is 13.6 Å². The predicted octanol–water partition coefficient (Wildman–Crippen LogP) is 3.27. The number of esters is 1. The first-order valence-electron chi connectivity index (χ1n) is 5.93. The summed E-state index contributed by atoms with van der Waals surface area (Å²) in [4.78, 5) is 12.6. The van der Waals surface area contributed by atoms with Gasteiger partial charge in [0.2, 0.25) is 5.89 Å². The molecule has 0 saturated carbocycles. The van der Waals surface area contributed by atoms with Crippen LogP contribution in [-0.4, -0.2) is 22.8 Å². The van der Waals surface area contributed by atoms with Gasteiger partial charge in [-0.25, -0.2) is 4.79 Å². The number of aryl methyl sites for hydroxylation is 2. The van der Waals surface area contributed by atoms with Crippen molar-refractivity contribution in [2.75, 3.05) is 0 Å². The van der Waals surface area contributed by atoms with E-state index >= 15 is 0 Å². The van der Waals surface area contributed by atoms with E-state index in [1.165, 1.54) is 6.07 Å². The molecular weight excluding hydrogens is 306 g/mol. The zero-order valence-electron chi connectivity index (χ0n) is 11.4. The Balaban J connectivity index is 2.13. The Labute approximate surface area is 122 Å². The molecule has 6 nitrogen and oxygen atoms in total. The molecule has 0 radical (unpaired) electrons. The lowest BCUT2D eigenvalue weighted by molar-refractivity contribution is -0.0502. The third-order valence-electron chi connectivity index (χ3n) is 2.40. The van der Waals surface area contributed by atoms with Crippen molar-refractivity contribution in [3.8, 4) is 5.75 Å². The zero-order valence-corrected chi connectivity index (χ0v) is 12.2. The molecule has 0 unspecified atom stereocenters. The summed E-state index contributed by atoms with van der Waals surface area (Å²) >= 11 is 1.01. The minimum Gasteiger partial charge on any atom is -0.448 e. The molecule has 0 spiro atoms. The van der Waals surface area contributed by atoms with Gasteiger partial charge in [0.25, 0.3) is 5.89 Å². The highest BCUT2D eigenvalue weighted by Crippen LogP contribution is 2.32. The minimum absolute atomic E-state index is 0.0316. The summed E-state index contributed by atoms with van der Waals surface area (Å²) in [6.45, 7) is 1.80. The van der Waals surface area contributed by atoms with E-state index in [0.29, 0.717) is 10.8 Å². The number of alkyl halides is 2. The summed E-state index contributed by atoms with van der Waals surface area (Å²) < 4.78 is 39.2. The molecule has 0 N–H and O–H groups in total. The van der Waals surface area contributed by atoms with E-state index in [1.807, 2.05) is 0 Å². The number of ether oxygens (including phenoxy) is 2.